The number of hydrogen-bond acceptors (Lipinski definition) is 0. The fraction of sp³-hybridized carbons (Fsp3) is 1.00. The molecule has 0 aromatic heterocycles. The fourth-order valence-corrected chi connectivity index (χ4v) is 9.84. The minimum atomic E-state index is -2.66. The molecule has 0 nitrogen and oxygen atoms in total. The van der Waals surface area contributed by atoms with Crippen LogP contribution in [0.15, 0.2) is 0 Å². The topological polar surface area (TPSA) is 0 Å². The average Bonchev–Trinajstić information content (AvgIpc) is 2.32. The maximum atomic E-state index is 15.0. The van der Waals surface area contributed by atoms with E-state index in [1.165, 1.54) is 0 Å². The number of hydrogen-bond donors (Lipinski definition) is 0. The molecule has 0 N–H and O–H groups in total. The molecular formula is C16H36F2Si2. The lowest BCUT2D eigenvalue weighted by Gasteiger charge is -2.32. The second-order valence-electron chi connectivity index (χ2n) is 7.68. The summed E-state index contributed by atoms with van der Waals surface area (Å²) < 4.78 is 30.1. The van der Waals surface area contributed by atoms with Crippen LogP contribution in [-0.2, 0) is 0 Å². The van der Waals surface area contributed by atoms with Crippen LogP contribution < -0.4 is 0 Å². The normalized spacial score (nSPS) is 14.1. The van der Waals surface area contributed by atoms with E-state index in [1.54, 1.807) is 0 Å². The molecule has 0 aromatic rings. The van der Waals surface area contributed by atoms with Gasteiger partial charge in [-0.2, -0.15) is 0 Å². The monoisotopic (exact) mass is 322 g/mol. The highest BCUT2D eigenvalue weighted by Crippen LogP contribution is 2.41. The van der Waals surface area contributed by atoms with Gasteiger partial charge < -0.3 is 8.22 Å². The summed E-state index contributed by atoms with van der Waals surface area (Å²) in [4.78, 5) is 0. The first kappa shape index (κ1) is 20.3. The van der Waals surface area contributed by atoms with E-state index in [0.717, 1.165) is 12.8 Å². The van der Waals surface area contributed by atoms with Crippen LogP contribution in [-0.4, -0.2) is 16.8 Å². The molecule has 0 atom stereocenters. The molecule has 4 heteroatoms. The smallest absolute Gasteiger partial charge is 0.252 e. The molecule has 0 radical (unpaired) electrons. The summed E-state index contributed by atoms with van der Waals surface area (Å²) in [7, 11) is -5.32. The summed E-state index contributed by atoms with van der Waals surface area (Å²) in [6.45, 7) is 16.1. The van der Waals surface area contributed by atoms with Crippen molar-refractivity contribution in [2.75, 3.05) is 0 Å². The van der Waals surface area contributed by atoms with Gasteiger partial charge in [0, 0.05) is 0 Å². The molecule has 0 amide bonds. The van der Waals surface area contributed by atoms with Crippen molar-refractivity contribution in [1.82, 2.24) is 0 Å². The molecule has 0 heterocycles. The fourth-order valence-electron chi connectivity index (χ4n) is 3.28. The highest BCUT2D eigenvalue weighted by atomic mass is 28.4. The zero-order valence-corrected chi connectivity index (χ0v) is 16.9. The third-order valence-corrected chi connectivity index (χ3v) is 15.1. The zero-order chi connectivity index (χ0) is 16.1. The third-order valence-electron chi connectivity index (χ3n) is 5.21. The SMILES string of the molecule is CC(C)[Si](F)(CCCC[Si](F)(C(C)C)C(C)C)C(C)C. The molecule has 0 aliphatic heterocycles. The summed E-state index contributed by atoms with van der Waals surface area (Å²) in [5.74, 6) is 0. The first-order valence-corrected chi connectivity index (χ1v) is 12.8. The minimum Gasteiger partial charge on any atom is -0.313 e. The quantitative estimate of drug-likeness (QED) is 0.238. The van der Waals surface area contributed by atoms with E-state index < -0.39 is 16.8 Å². The molecule has 0 unspecified atom stereocenters. The Hall–Kier alpha value is 0.294. The maximum Gasteiger partial charge on any atom is 0.252 e. The first-order valence-electron chi connectivity index (χ1n) is 8.36. The predicted molar refractivity (Wildman–Crippen MR) is 93.0 cm³/mol. The molecule has 0 aromatic carbocycles. The largest absolute Gasteiger partial charge is 0.313 e. The summed E-state index contributed by atoms with van der Waals surface area (Å²) >= 11 is 0. The lowest BCUT2D eigenvalue weighted by Crippen LogP contribution is -2.37. The van der Waals surface area contributed by atoms with Gasteiger partial charge in [0.05, 0.1) is 0 Å². The van der Waals surface area contributed by atoms with Gasteiger partial charge in [0.15, 0.2) is 0 Å². The predicted octanol–water partition coefficient (Wildman–Crippen LogP) is 7.24. The first-order chi connectivity index (χ1) is 8.98. The van der Waals surface area contributed by atoms with E-state index in [9.17, 15) is 0 Å². The van der Waals surface area contributed by atoms with Gasteiger partial charge in [-0.1, -0.05) is 68.2 Å². The summed E-state index contributed by atoms with van der Waals surface area (Å²) in [5.41, 5.74) is 0.685. The second-order valence-corrected chi connectivity index (χ2v) is 17.0. The highest BCUT2D eigenvalue weighted by Gasteiger charge is 2.43. The Labute approximate surface area is 128 Å². The molecular weight excluding hydrogens is 286 g/mol. The van der Waals surface area contributed by atoms with Gasteiger partial charge in [0.2, 0.25) is 0 Å². The Morgan fingerprint density at radius 1 is 0.550 bits per heavy atom. The van der Waals surface area contributed by atoms with Gasteiger partial charge in [-0.25, -0.2) is 0 Å². The molecule has 0 saturated heterocycles. The van der Waals surface area contributed by atoms with Crippen molar-refractivity contribution in [3.8, 4) is 0 Å². The van der Waals surface area contributed by atoms with E-state index in [2.05, 4.69) is 0 Å². The molecule has 0 rings (SSSR count). The van der Waals surface area contributed by atoms with Gasteiger partial charge in [-0.15, -0.1) is 0 Å². The van der Waals surface area contributed by atoms with Crippen molar-refractivity contribution in [3.05, 3.63) is 0 Å². The van der Waals surface area contributed by atoms with Gasteiger partial charge in [0.1, 0.15) is 0 Å². The molecule has 0 saturated carbocycles. The summed E-state index contributed by atoms with van der Waals surface area (Å²) in [6, 6.07) is 1.42. The Morgan fingerprint density at radius 3 is 0.900 bits per heavy atom. The number of halogens is 2. The van der Waals surface area contributed by atoms with Crippen LogP contribution in [0.4, 0.5) is 8.22 Å². The second kappa shape index (κ2) is 8.07. The molecule has 0 aliphatic carbocycles. The summed E-state index contributed by atoms with van der Waals surface area (Å²) in [6.07, 6.45) is 1.74. The van der Waals surface area contributed by atoms with E-state index in [1.807, 2.05) is 55.4 Å². The van der Waals surface area contributed by atoms with Crippen LogP contribution >= 0.6 is 0 Å². The third kappa shape index (κ3) is 4.94. The van der Waals surface area contributed by atoms with Crippen molar-refractivity contribution in [2.45, 2.75) is 102 Å². The van der Waals surface area contributed by atoms with Crippen molar-refractivity contribution < 1.29 is 8.22 Å². The lowest BCUT2D eigenvalue weighted by atomic mass is 10.4. The molecule has 0 aliphatic rings. The van der Waals surface area contributed by atoms with E-state index in [4.69, 9.17) is 0 Å². The molecule has 122 valence electrons. The van der Waals surface area contributed by atoms with Crippen molar-refractivity contribution >= 4 is 16.8 Å². The number of rotatable bonds is 9. The van der Waals surface area contributed by atoms with Gasteiger partial charge >= 0.3 is 0 Å². The lowest BCUT2D eigenvalue weighted by molar-refractivity contribution is 0.625. The van der Waals surface area contributed by atoms with Crippen LogP contribution in [0.25, 0.3) is 0 Å². The molecule has 0 spiro atoms. The Balaban J connectivity index is 4.44. The van der Waals surface area contributed by atoms with Crippen molar-refractivity contribution in [3.63, 3.8) is 0 Å². The van der Waals surface area contributed by atoms with Gasteiger partial charge in [0.25, 0.3) is 16.8 Å². The van der Waals surface area contributed by atoms with Gasteiger partial charge in [-0.05, 0) is 34.3 Å². The minimum absolute atomic E-state index is 0.171. The van der Waals surface area contributed by atoms with E-state index in [-0.39, 0.29) is 22.2 Å². The van der Waals surface area contributed by atoms with Crippen molar-refractivity contribution in [1.29, 1.82) is 0 Å². The van der Waals surface area contributed by atoms with Crippen LogP contribution in [0.2, 0.25) is 34.3 Å². The Morgan fingerprint density at radius 2 is 0.750 bits per heavy atom. The van der Waals surface area contributed by atoms with Gasteiger partial charge in [-0.3, -0.25) is 0 Å². The van der Waals surface area contributed by atoms with E-state index in [0.29, 0.717) is 12.1 Å². The summed E-state index contributed by atoms with van der Waals surface area (Å²) in [5, 5.41) is 0. The molecule has 20 heavy (non-hydrogen) atoms. The zero-order valence-electron chi connectivity index (χ0n) is 14.9. The Bertz CT molecular complexity index is 232. The molecule has 0 bridgehead atoms. The molecule has 0 fully saturated rings. The van der Waals surface area contributed by atoms with Crippen molar-refractivity contribution in [2.24, 2.45) is 0 Å². The van der Waals surface area contributed by atoms with Crippen LogP contribution in [0.5, 0.6) is 0 Å². The van der Waals surface area contributed by atoms with Crippen LogP contribution in [0.1, 0.15) is 68.2 Å². The Kier molecular flexibility index (Phi) is 8.18. The van der Waals surface area contributed by atoms with E-state index >= 15 is 8.22 Å². The number of unbranched alkanes of at least 4 members (excludes halogenated alkanes) is 1. The standard InChI is InChI=1S/C16H36F2Si2/c1-13(2)19(17,14(3)4)11-9-10-12-20(18,15(5)6)16(7)8/h13-16H,9-12H2,1-8H3. The maximum absolute atomic E-state index is 15.0. The highest BCUT2D eigenvalue weighted by molar-refractivity contribution is 6.76. The average molecular weight is 323 g/mol. The van der Waals surface area contributed by atoms with Crippen LogP contribution in [0.3, 0.4) is 0 Å². The van der Waals surface area contributed by atoms with Crippen LogP contribution in [0, 0.1) is 0 Å².